The predicted octanol–water partition coefficient (Wildman–Crippen LogP) is 2.98. The van der Waals surface area contributed by atoms with Gasteiger partial charge in [-0.1, -0.05) is 20.8 Å². The van der Waals surface area contributed by atoms with Crippen LogP contribution in [0.1, 0.15) is 32.8 Å². The largest absolute Gasteiger partial charge is 0.490 e. The van der Waals surface area contributed by atoms with Crippen molar-refractivity contribution in [3.05, 3.63) is 23.8 Å². The molecule has 1 aromatic heterocycles. The number of benzene rings is 1. The van der Waals surface area contributed by atoms with Gasteiger partial charge in [-0.3, -0.25) is 0 Å². The number of hydrazine groups is 1. The van der Waals surface area contributed by atoms with E-state index in [4.69, 9.17) is 15.3 Å². The highest BCUT2D eigenvalue weighted by Gasteiger charge is 2.21. The topological polar surface area (TPSA) is 69.4 Å². The van der Waals surface area contributed by atoms with Gasteiger partial charge in [0.15, 0.2) is 11.5 Å². The van der Waals surface area contributed by atoms with Gasteiger partial charge in [-0.2, -0.15) is 0 Å². The van der Waals surface area contributed by atoms with E-state index in [1.54, 1.807) is 0 Å². The van der Waals surface area contributed by atoms with Gasteiger partial charge >= 0.3 is 0 Å². The first kappa shape index (κ1) is 13.9. The lowest BCUT2D eigenvalue weighted by molar-refractivity contribution is 0.297. The maximum atomic E-state index is 5.75. The zero-order valence-electron chi connectivity index (χ0n) is 12.7. The van der Waals surface area contributed by atoms with E-state index >= 15 is 0 Å². The summed E-state index contributed by atoms with van der Waals surface area (Å²) in [5.74, 6) is 7.87. The zero-order chi connectivity index (χ0) is 15.0. The van der Waals surface area contributed by atoms with Crippen LogP contribution < -0.4 is 20.7 Å². The van der Waals surface area contributed by atoms with Crippen molar-refractivity contribution in [2.24, 2.45) is 5.84 Å². The Balaban J connectivity index is 2.21. The van der Waals surface area contributed by atoms with Crippen LogP contribution in [0.2, 0.25) is 0 Å². The molecular weight excluding hydrogens is 266 g/mol. The Morgan fingerprint density at radius 2 is 1.76 bits per heavy atom. The first-order chi connectivity index (χ1) is 9.99. The van der Waals surface area contributed by atoms with Crippen LogP contribution in [-0.4, -0.2) is 18.2 Å². The second-order valence-corrected chi connectivity index (χ2v) is 6.32. The monoisotopic (exact) mass is 287 g/mol. The van der Waals surface area contributed by atoms with E-state index in [0.29, 0.717) is 19.0 Å². The van der Waals surface area contributed by atoms with E-state index in [1.165, 1.54) is 0 Å². The molecule has 0 amide bonds. The van der Waals surface area contributed by atoms with Crippen molar-refractivity contribution in [1.82, 2.24) is 4.98 Å². The lowest BCUT2D eigenvalue weighted by Crippen LogP contribution is -2.19. The highest BCUT2D eigenvalue weighted by Crippen LogP contribution is 2.37. The van der Waals surface area contributed by atoms with Crippen molar-refractivity contribution in [2.45, 2.75) is 32.6 Å². The molecule has 3 N–H and O–H groups in total. The van der Waals surface area contributed by atoms with Gasteiger partial charge in [-0.05, 0) is 17.5 Å². The van der Waals surface area contributed by atoms with Gasteiger partial charge in [-0.25, -0.2) is 10.8 Å². The molecule has 1 aliphatic heterocycles. The summed E-state index contributed by atoms with van der Waals surface area (Å²) in [7, 11) is 0. The molecule has 1 aliphatic rings. The Morgan fingerprint density at radius 1 is 1.10 bits per heavy atom. The van der Waals surface area contributed by atoms with E-state index in [9.17, 15) is 0 Å². The molecule has 5 heteroatoms. The average molecular weight is 287 g/mol. The molecule has 0 fully saturated rings. The van der Waals surface area contributed by atoms with Crippen LogP contribution in [0.15, 0.2) is 18.2 Å². The van der Waals surface area contributed by atoms with Crippen LogP contribution in [0.25, 0.3) is 10.9 Å². The smallest absolute Gasteiger partial charge is 0.163 e. The Morgan fingerprint density at radius 3 is 2.38 bits per heavy atom. The molecule has 0 atom stereocenters. The quantitative estimate of drug-likeness (QED) is 0.623. The summed E-state index contributed by atoms with van der Waals surface area (Å²) in [6.07, 6.45) is 0.890. The van der Waals surface area contributed by atoms with Gasteiger partial charge in [-0.15, -0.1) is 0 Å². The van der Waals surface area contributed by atoms with Gasteiger partial charge < -0.3 is 14.9 Å². The fourth-order valence-electron chi connectivity index (χ4n) is 2.51. The minimum atomic E-state index is -0.0486. The van der Waals surface area contributed by atoms with Crippen molar-refractivity contribution in [3.63, 3.8) is 0 Å². The van der Waals surface area contributed by atoms with Gasteiger partial charge in [0.2, 0.25) is 0 Å². The first-order valence-corrected chi connectivity index (χ1v) is 7.20. The third kappa shape index (κ3) is 2.61. The summed E-state index contributed by atoms with van der Waals surface area (Å²) in [6.45, 7) is 7.76. The summed E-state index contributed by atoms with van der Waals surface area (Å²) in [4.78, 5) is 4.63. The molecule has 0 aliphatic carbocycles. The molecule has 21 heavy (non-hydrogen) atoms. The number of nitrogens with two attached hydrogens (primary N) is 1. The highest BCUT2D eigenvalue weighted by molar-refractivity contribution is 5.85. The fourth-order valence-corrected chi connectivity index (χ4v) is 2.51. The molecule has 0 bridgehead atoms. The number of aromatic nitrogens is 1. The van der Waals surface area contributed by atoms with Crippen molar-refractivity contribution < 1.29 is 9.47 Å². The molecule has 0 saturated carbocycles. The molecule has 112 valence electrons. The Kier molecular flexibility index (Phi) is 3.37. The van der Waals surface area contributed by atoms with Gasteiger partial charge in [0.25, 0.3) is 0 Å². The van der Waals surface area contributed by atoms with Crippen molar-refractivity contribution in [1.29, 1.82) is 0 Å². The van der Waals surface area contributed by atoms with E-state index in [-0.39, 0.29) is 5.41 Å². The summed E-state index contributed by atoms with van der Waals surface area (Å²) in [6, 6.07) is 6.04. The number of hydrogen-bond donors (Lipinski definition) is 2. The Bertz CT molecular complexity index is 677. The number of nitrogens with zero attached hydrogens (tertiary/aromatic N) is 1. The third-order valence-corrected chi connectivity index (χ3v) is 3.63. The molecule has 0 radical (unpaired) electrons. The van der Waals surface area contributed by atoms with Crippen LogP contribution in [0.3, 0.4) is 0 Å². The van der Waals surface area contributed by atoms with Gasteiger partial charge in [0, 0.05) is 23.4 Å². The number of anilines is 1. The number of nitrogen functional groups attached to an aromatic ring is 1. The lowest BCUT2D eigenvalue weighted by Gasteiger charge is -2.22. The van der Waals surface area contributed by atoms with E-state index in [1.807, 2.05) is 12.1 Å². The van der Waals surface area contributed by atoms with E-state index in [2.05, 4.69) is 37.2 Å². The first-order valence-electron chi connectivity index (χ1n) is 7.20. The molecule has 5 nitrogen and oxygen atoms in total. The van der Waals surface area contributed by atoms with Crippen LogP contribution >= 0.6 is 0 Å². The second kappa shape index (κ2) is 5.07. The molecule has 0 saturated heterocycles. The molecular formula is C16H21N3O2. The number of pyridine rings is 1. The summed E-state index contributed by atoms with van der Waals surface area (Å²) >= 11 is 0. The SMILES string of the molecule is CC(C)(C)c1cc2cc3c(cc2nc1NN)OCCCO3. The van der Waals surface area contributed by atoms with Gasteiger partial charge in [0.05, 0.1) is 18.7 Å². The highest BCUT2D eigenvalue weighted by atomic mass is 16.5. The molecule has 2 heterocycles. The van der Waals surface area contributed by atoms with Crippen molar-refractivity contribution in [3.8, 4) is 11.5 Å². The molecule has 2 aromatic rings. The minimum Gasteiger partial charge on any atom is -0.490 e. The number of fused-ring (bicyclic) bond motifs is 2. The van der Waals surface area contributed by atoms with Crippen LogP contribution in [0.4, 0.5) is 5.82 Å². The van der Waals surface area contributed by atoms with E-state index in [0.717, 1.165) is 34.4 Å². The van der Waals surface area contributed by atoms with Crippen LogP contribution in [0.5, 0.6) is 11.5 Å². The molecule has 0 spiro atoms. The fraction of sp³-hybridized carbons (Fsp3) is 0.438. The van der Waals surface area contributed by atoms with Crippen LogP contribution in [0, 0.1) is 0 Å². The minimum absolute atomic E-state index is 0.0486. The summed E-state index contributed by atoms with van der Waals surface area (Å²) < 4.78 is 11.5. The molecule has 3 rings (SSSR count). The third-order valence-electron chi connectivity index (χ3n) is 3.63. The van der Waals surface area contributed by atoms with Crippen molar-refractivity contribution in [2.75, 3.05) is 18.6 Å². The zero-order valence-corrected chi connectivity index (χ0v) is 12.7. The number of rotatable bonds is 1. The summed E-state index contributed by atoms with van der Waals surface area (Å²) in [5.41, 5.74) is 4.58. The summed E-state index contributed by atoms with van der Waals surface area (Å²) in [5, 5.41) is 1.03. The standard InChI is InChI=1S/C16H21N3O2/c1-16(2,3)11-7-10-8-13-14(21-6-4-5-20-13)9-12(10)18-15(11)19-17/h7-9H,4-6,17H2,1-3H3,(H,18,19). The number of hydrogen-bond acceptors (Lipinski definition) is 5. The van der Waals surface area contributed by atoms with E-state index < -0.39 is 0 Å². The average Bonchev–Trinajstić information content (AvgIpc) is 2.67. The Labute approximate surface area is 124 Å². The molecule has 0 unspecified atom stereocenters. The molecule has 1 aromatic carbocycles. The second-order valence-electron chi connectivity index (χ2n) is 6.32. The maximum Gasteiger partial charge on any atom is 0.163 e. The normalized spacial score (nSPS) is 14.9. The lowest BCUT2D eigenvalue weighted by atomic mass is 9.86. The Hall–Kier alpha value is -2.01. The maximum absolute atomic E-state index is 5.75. The number of nitrogens with one attached hydrogen (secondary N) is 1. The number of ether oxygens (including phenoxy) is 2. The predicted molar refractivity (Wildman–Crippen MR) is 83.9 cm³/mol. The van der Waals surface area contributed by atoms with Crippen LogP contribution in [-0.2, 0) is 5.41 Å². The van der Waals surface area contributed by atoms with Gasteiger partial charge in [0.1, 0.15) is 5.82 Å². The van der Waals surface area contributed by atoms with Crippen molar-refractivity contribution >= 4 is 16.7 Å².